The lowest BCUT2D eigenvalue weighted by atomic mass is 9.47. The van der Waals surface area contributed by atoms with Gasteiger partial charge in [-0.2, -0.15) is 0 Å². The molecule has 30 heavy (non-hydrogen) atoms. The van der Waals surface area contributed by atoms with Crippen molar-refractivity contribution < 1.29 is 9.90 Å². The van der Waals surface area contributed by atoms with Gasteiger partial charge in [-0.1, -0.05) is 43.7 Å². The van der Waals surface area contributed by atoms with Gasteiger partial charge in [-0.3, -0.25) is 4.79 Å². The van der Waals surface area contributed by atoms with Crippen LogP contribution in [0.1, 0.15) is 52.4 Å². The Morgan fingerprint density at radius 2 is 1.83 bits per heavy atom. The Hall–Kier alpha value is -2.13. The van der Waals surface area contributed by atoms with E-state index in [2.05, 4.69) is 61.0 Å². The second kappa shape index (κ2) is 6.20. The number of rotatable bonds is 1. The van der Waals surface area contributed by atoms with E-state index in [1.807, 2.05) is 6.08 Å². The molecule has 0 radical (unpaired) electrons. The lowest BCUT2D eigenvalue weighted by molar-refractivity contribution is -0.131. The number of hydrogen-bond acceptors (Lipinski definition) is 2. The molecule has 3 nitrogen and oxygen atoms in total. The minimum atomic E-state index is -0.274. The van der Waals surface area contributed by atoms with Gasteiger partial charge in [-0.15, -0.1) is 0 Å². The van der Waals surface area contributed by atoms with Gasteiger partial charge in [-0.05, 0) is 79.4 Å². The molecule has 2 fully saturated rings. The molecule has 3 unspecified atom stereocenters. The van der Waals surface area contributed by atoms with E-state index in [0.29, 0.717) is 24.0 Å². The zero-order chi connectivity index (χ0) is 20.7. The molecule has 156 valence electrons. The van der Waals surface area contributed by atoms with Crippen LogP contribution >= 0.6 is 0 Å². The summed E-state index contributed by atoms with van der Waals surface area (Å²) in [4.78, 5) is 13.4. The van der Waals surface area contributed by atoms with Crippen molar-refractivity contribution in [1.29, 1.82) is 0 Å². The van der Waals surface area contributed by atoms with Crippen molar-refractivity contribution in [2.24, 2.45) is 28.6 Å². The van der Waals surface area contributed by atoms with Crippen molar-refractivity contribution in [3.05, 3.63) is 54.3 Å². The molecule has 3 heteroatoms. The lowest BCUT2D eigenvalue weighted by Gasteiger charge is -2.56. The minimum absolute atomic E-state index is 0.0362. The molecule has 0 aliphatic heterocycles. The Bertz CT molecular complexity index is 1110. The van der Waals surface area contributed by atoms with Crippen LogP contribution in [0, 0.1) is 28.6 Å². The van der Waals surface area contributed by atoms with Crippen LogP contribution in [0.25, 0.3) is 16.6 Å². The lowest BCUT2D eigenvalue weighted by Crippen LogP contribution is -2.53. The van der Waals surface area contributed by atoms with E-state index < -0.39 is 0 Å². The Kier molecular flexibility index (Phi) is 3.85. The quantitative estimate of drug-likeness (QED) is 0.676. The third-order valence-corrected chi connectivity index (χ3v) is 9.32. The highest BCUT2D eigenvalue weighted by atomic mass is 16.3. The third kappa shape index (κ3) is 2.33. The Morgan fingerprint density at radius 3 is 2.70 bits per heavy atom. The fourth-order valence-corrected chi connectivity index (χ4v) is 7.60. The number of aromatic nitrogens is 1. The van der Waals surface area contributed by atoms with Crippen molar-refractivity contribution in [3.8, 4) is 0 Å². The molecular formula is C27H31NO2. The first kappa shape index (κ1) is 18.6. The number of hydrogen-bond donors (Lipinski definition) is 1. The largest absolute Gasteiger partial charge is 0.393 e. The molecule has 4 aliphatic carbocycles. The molecular weight excluding hydrogens is 370 g/mol. The predicted molar refractivity (Wildman–Crippen MR) is 120 cm³/mol. The van der Waals surface area contributed by atoms with Crippen LogP contribution in [0.15, 0.2) is 54.3 Å². The van der Waals surface area contributed by atoms with Gasteiger partial charge >= 0.3 is 0 Å². The first-order valence-corrected chi connectivity index (χ1v) is 11.6. The maximum Gasteiger partial charge on any atom is 0.159 e. The summed E-state index contributed by atoms with van der Waals surface area (Å²) < 4.78 is 2.38. The molecule has 0 spiro atoms. The summed E-state index contributed by atoms with van der Waals surface area (Å²) in [5.41, 5.74) is 3.99. The number of fused-ring (bicyclic) bond motifs is 6. The highest BCUT2D eigenvalue weighted by molar-refractivity contribution is 5.95. The number of allylic oxidation sites excluding steroid dienone is 3. The van der Waals surface area contributed by atoms with E-state index in [9.17, 15) is 9.90 Å². The van der Waals surface area contributed by atoms with Crippen molar-refractivity contribution in [1.82, 2.24) is 4.57 Å². The smallest absolute Gasteiger partial charge is 0.159 e. The first-order chi connectivity index (χ1) is 14.4. The fraction of sp³-hybridized carbons (Fsp3) is 0.519. The van der Waals surface area contributed by atoms with Crippen LogP contribution < -0.4 is 0 Å². The zero-order valence-electron chi connectivity index (χ0n) is 18.0. The Labute approximate surface area is 178 Å². The summed E-state index contributed by atoms with van der Waals surface area (Å²) in [6.07, 6.45) is 12.1. The summed E-state index contributed by atoms with van der Waals surface area (Å²) in [5.74, 6) is 1.24. The molecule has 1 aromatic carbocycles. The molecule has 0 bridgehead atoms. The summed E-state index contributed by atoms with van der Waals surface area (Å²) in [6, 6.07) is 10.8. The predicted octanol–water partition coefficient (Wildman–Crippen LogP) is 5.59. The number of ketones is 1. The maximum absolute atomic E-state index is 13.4. The van der Waals surface area contributed by atoms with E-state index in [1.54, 1.807) is 0 Å². The molecule has 0 amide bonds. The van der Waals surface area contributed by atoms with E-state index in [4.69, 9.17) is 0 Å². The van der Waals surface area contributed by atoms with Crippen LogP contribution in [0.4, 0.5) is 0 Å². The van der Waals surface area contributed by atoms with Crippen LogP contribution in [0.2, 0.25) is 0 Å². The molecule has 6 atom stereocenters. The monoisotopic (exact) mass is 401 g/mol. The number of nitrogens with zero attached hydrogens (tertiary/aromatic N) is 1. The van der Waals surface area contributed by atoms with Crippen molar-refractivity contribution in [2.75, 3.05) is 0 Å². The summed E-state index contributed by atoms with van der Waals surface area (Å²) >= 11 is 0. The van der Waals surface area contributed by atoms with Crippen molar-refractivity contribution in [3.63, 3.8) is 0 Å². The molecule has 1 aromatic heterocycles. The molecule has 0 saturated heterocycles. The molecule has 2 saturated carbocycles. The van der Waals surface area contributed by atoms with Crippen LogP contribution in [-0.4, -0.2) is 21.6 Å². The van der Waals surface area contributed by atoms with Gasteiger partial charge < -0.3 is 9.67 Å². The average Bonchev–Trinajstić information content (AvgIpc) is 3.30. The second-order valence-electron chi connectivity index (χ2n) is 10.7. The standard InChI is InChI=1S/C27H31NO2/c1-26-12-9-19(29)15-18(26)16-23(30)25-20-7-8-24(27(20,2)13-10-21(25)26)28-14-11-17-5-3-4-6-22(17)28/h3-6,8,11,14,16,19-21,25,29H,7,9-10,12-13,15H2,1-2H3/t19-,20?,21?,25?,26-,27-/m0/s1. The van der Waals surface area contributed by atoms with Crippen molar-refractivity contribution >= 4 is 22.4 Å². The normalized spacial score (nSPS) is 40.4. The highest BCUT2D eigenvalue weighted by Crippen LogP contribution is 2.65. The Balaban J connectivity index is 1.40. The molecule has 2 aromatic rings. The van der Waals surface area contributed by atoms with E-state index in [1.165, 1.54) is 22.2 Å². The zero-order valence-corrected chi connectivity index (χ0v) is 18.0. The molecule has 6 rings (SSSR count). The number of carbonyl (C=O) groups is 1. The number of aliphatic hydroxyl groups is 1. The van der Waals surface area contributed by atoms with E-state index >= 15 is 0 Å². The van der Waals surface area contributed by atoms with Gasteiger partial charge in [0, 0.05) is 23.2 Å². The average molecular weight is 402 g/mol. The van der Waals surface area contributed by atoms with Gasteiger partial charge in [0.25, 0.3) is 0 Å². The number of aliphatic hydroxyl groups excluding tert-OH is 1. The molecule has 1 N–H and O–H groups in total. The van der Waals surface area contributed by atoms with Gasteiger partial charge in [0.2, 0.25) is 0 Å². The van der Waals surface area contributed by atoms with Gasteiger partial charge in [0.1, 0.15) is 0 Å². The number of para-hydroxylation sites is 1. The van der Waals surface area contributed by atoms with Crippen molar-refractivity contribution in [2.45, 2.75) is 58.5 Å². The number of carbonyl (C=O) groups excluding carboxylic acids is 1. The maximum atomic E-state index is 13.4. The van der Waals surface area contributed by atoms with Crippen LogP contribution in [0.3, 0.4) is 0 Å². The van der Waals surface area contributed by atoms with Crippen LogP contribution in [-0.2, 0) is 4.79 Å². The van der Waals surface area contributed by atoms with Gasteiger partial charge in [0.15, 0.2) is 5.78 Å². The summed E-state index contributed by atoms with van der Waals surface area (Å²) in [7, 11) is 0. The SMILES string of the molecule is C[C@]12CC[C@H](O)CC1=CC(=O)C1C2CC[C@]2(C)C(n3ccc4ccccc43)=CCC12. The number of benzene rings is 1. The third-order valence-electron chi connectivity index (χ3n) is 9.32. The first-order valence-electron chi connectivity index (χ1n) is 11.6. The van der Waals surface area contributed by atoms with Gasteiger partial charge in [0.05, 0.1) is 11.6 Å². The summed E-state index contributed by atoms with van der Waals surface area (Å²) in [6.45, 7) is 4.78. The molecule has 1 heterocycles. The second-order valence-corrected chi connectivity index (χ2v) is 10.7. The van der Waals surface area contributed by atoms with Crippen LogP contribution in [0.5, 0.6) is 0 Å². The topological polar surface area (TPSA) is 42.2 Å². The van der Waals surface area contributed by atoms with Gasteiger partial charge in [-0.25, -0.2) is 0 Å². The molecule has 4 aliphatic rings. The highest BCUT2D eigenvalue weighted by Gasteiger charge is 2.59. The minimum Gasteiger partial charge on any atom is -0.393 e. The fourth-order valence-electron chi connectivity index (χ4n) is 7.60. The Morgan fingerprint density at radius 1 is 1.03 bits per heavy atom. The van der Waals surface area contributed by atoms with E-state index in [-0.39, 0.29) is 22.9 Å². The van der Waals surface area contributed by atoms with E-state index in [0.717, 1.165) is 32.1 Å². The summed E-state index contributed by atoms with van der Waals surface area (Å²) in [5, 5.41) is 11.5.